The topological polar surface area (TPSA) is 38.3 Å². The average molecular weight is 484 g/mol. The quantitative estimate of drug-likeness (QED) is 0.422. The Morgan fingerprint density at radius 2 is 1.71 bits per heavy atom. The number of carbonyl (C=O) groups is 1. The maximum Gasteiger partial charge on any atom is 0.432 e. The summed E-state index contributed by atoms with van der Waals surface area (Å²) >= 11 is 11.8. The van der Waals surface area contributed by atoms with Gasteiger partial charge in [-0.25, -0.2) is 0 Å². The number of alkyl halides is 6. The molecule has 0 fully saturated rings. The Morgan fingerprint density at radius 1 is 1.06 bits per heavy atom. The number of ether oxygens (including phenoxy) is 1. The average Bonchev–Trinajstić information content (AvgIpc) is 3.03. The molecule has 2 aromatic rings. The first-order chi connectivity index (χ1) is 14.3. The number of carbonyl (C=O) groups excluding carboxylic acids is 1. The second-order valence-electron chi connectivity index (χ2n) is 6.80. The van der Waals surface area contributed by atoms with Crippen molar-refractivity contribution in [3.8, 4) is 5.75 Å². The van der Waals surface area contributed by atoms with Gasteiger partial charge in [-0.05, 0) is 47.5 Å². The van der Waals surface area contributed by atoms with Gasteiger partial charge in [-0.15, -0.1) is 0 Å². The summed E-state index contributed by atoms with van der Waals surface area (Å²) in [6, 6.07) is 7.58. The molecule has 0 saturated heterocycles. The Labute approximate surface area is 182 Å². The molecule has 166 valence electrons. The maximum absolute atomic E-state index is 14.1. The molecule has 2 aromatic carbocycles. The first-order valence-corrected chi connectivity index (χ1v) is 9.43. The van der Waals surface area contributed by atoms with Gasteiger partial charge in [0, 0.05) is 28.1 Å². The number of benzene rings is 2. The van der Waals surface area contributed by atoms with Crippen LogP contribution in [-0.2, 0) is 16.8 Å². The molecule has 1 N–H and O–H groups in total. The van der Waals surface area contributed by atoms with E-state index in [2.05, 4.69) is 0 Å². The highest BCUT2D eigenvalue weighted by Crippen LogP contribution is 2.51. The van der Waals surface area contributed by atoms with Gasteiger partial charge in [0.1, 0.15) is 12.3 Å². The molecule has 0 radical (unpaired) electrons. The van der Waals surface area contributed by atoms with Crippen molar-refractivity contribution in [3.05, 3.63) is 69.2 Å². The van der Waals surface area contributed by atoms with E-state index < -0.39 is 36.8 Å². The van der Waals surface area contributed by atoms with Crippen molar-refractivity contribution in [2.75, 3.05) is 6.54 Å². The minimum absolute atomic E-state index is 0.0131. The van der Waals surface area contributed by atoms with Crippen molar-refractivity contribution in [2.45, 2.75) is 24.4 Å². The summed E-state index contributed by atoms with van der Waals surface area (Å²) in [5, 5.41) is 1.69. The van der Waals surface area contributed by atoms with Crippen LogP contribution in [0.5, 0.6) is 5.75 Å². The molecular formula is C20H13Cl2F6NO2. The highest BCUT2D eigenvalue weighted by atomic mass is 35.5. The smallest absolute Gasteiger partial charge is 0.432 e. The van der Waals surface area contributed by atoms with E-state index >= 15 is 0 Å². The fourth-order valence-electron chi connectivity index (χ4n) is 3.12. The Balaban J connectivity index is 1.87. The monoisotopic (exact) mass is 483 g/mol. The summed E-state index contributed by atoms with van der Waals surface area (Å²) in [7, 11) is 0. The minimum Gasteiger partial charge on any atom is -0.472 e. The summed E-state index contributed by atoms with van der Waals surface area (Å²) in [6.45, 7) is -1.50. The zero-order chi connectivity index (χ0) is 23.0. The molecule has 11 heteroatoms. The third-order valence-corrected chi connectivity index (χ3v) is 4.92. The van der Waals surface area contributed by atoms with Crippen LogP contribution in [0.3, 0.4) is 0 Å². The van der Waals surface area contributed by atoms with Crippen LogP contribution in [0.15, 0.2) is 42.5 Å². The first-order valence-electron chi connectivity index (χ1n) is 8.67. The van der Waals surface area contributed by atoms with Crippen molar-refractivity contribution in [1.29, 1.82) is 0 Å². The second kappa shape index (κ2) is 8.27. The van der Waals surface area contributed by atoms with E-state index in [4.69, 9.17) is 27.9 Å². The van der Waals surface area contributed by atoms with Gasteiger partial charge in [0.2, 0.25) is 11.5 Å². The van der Waals surface area contributed by atoms with Crippen LogP contribution in [0.2, 0.25) is 10.0 Å². The third-order valence-electron chi connectivity index (χ3n) is 4.49. The van der Waals surface area contributed by atoms with Crippen LogP contribution < -0.4 is 10.1 Å². The van der Waals surface area contributed by atoms with E-state index in [1.807, 2.05) is 0 Å². The fourth-order valence-corrected chi connectivity index (χ4v) is 3.65. The maximum atomic E-state index is 14.1. The molecular weight excluding hydrogens is 471 g/mol. The Bertz CT molecular complexity index is 1020. The highest BCUT2D eigenvalue weighted by Gasteiger charge is 2.61. The van der Waals surface area contributed by atoms with Crippen LogP contribution in [0.25, 0.3) is 6.08 Å². The Hall–Kier alpha value is -2.39. The molecule has 1 unspecified atom stereocenters. The van der Waals surface area contributed by atoms with Crippen molar-refractivity contribution in [3.63, 3.8) is 0 Å². The lowest BCUT2D eigenvalue weighted by Crippen LogP contribution is -2.46. The van der Waals surface area contributed by atoms with E-state index in [1.54, 1.807) is 5.32 Å². The normalized spacial score (nSPS) is 18.7. The number of hydrogen-bond acceptors (Lipinski definition) is 2. The number of nitrogens with one attached hydrogen (secondary N) is 1. The van der Waals surface area contributed by atoms with Crippen molar-refractivity contribution >= 4 is 35.2 Å². The zero-order valence-corrected chi connectivity index (χ0v) is 16.9. The van der Waals surface area contributed by atoms with Crippen molar-refractivity contribution < 1.29 is 35.9 Å². The highest BCUT2D eigenvalue weighted by molar-refractivity contribution is 6.34. The Morgan fingerprint density at radius 3 is 2.29 bits per heavy atom. The molecule has 1 amide bonds. The van der Waals surface area contributed by atoms with Crippen LogP contribution in [0.1, 0.15) is 16.7 Å². The number of halogens is 8. The van der Waals surface area contributed by atoms with Gasteiger partial charge in [-0.1, -0.05) is 29.3 Å². The summed E-state index contributed by atoms with van der Waals surface area (Å²) in [6.07, 6.45) is -7.90. The number of amides is 1. The van der Waals surface area contributed by atoms with Gasteiger partial charge >= 0.3 is 12.4 Å². The van der Waals surface area contributed by atoms with Crippen LogP contribution in [0, 0.1) is 0 Å². The van der Waals surface area contributed by atoms with Crippen molar-refractivity contribution in [1.82, 2.24) is 5.32 Å². The van der Waals surface area contributed by atoms with Gasteiger partial charge in [0.25, 0.3) is 0 Å². The molecule has 31 heavy (non-hydrogen) atoms. The third kappa shape index (κ3) is 5.27. The SMILES string of the molecule is O=C(/C=C/c1ccc2c(c1)CC(c1cc(Cl)cc(Cl)c1)(C(F)(F)F)O2)NCC(F)(F)F. The number of fused-ring (bicyclic) bond motifs is 1. The molecule has 0 spiro atoms. The van der Waals surface area contributed by atoms with Crippen LogP contribution in [-0.4, -0.2) is 24.8 Å². The number of hydrogen-bond donors (Lipinski definition) is 1. The van der Waals surface area contributed by atoms with Gasteiger partial charge in [-0.3, -0.25) is 4.79 Å². The molecule has 1 heterocycles. The minimum atomic E-state index is -4.81. The predicted molar refractivity (Wildman–Crippen MR) is 103 cm³/mol. The summed E-state index contributed by atoms with van der Waals surface area (Å²) < 4.78 is 84.0. The van der Waals surface area contributed by atoms with Crippen molar-refractivity contribution in [2.24, 2.45) is 0 Å². The summed E-state index contributed by atoms with van der Waals surface area (Å²) in [5.74, 6) is -1.01. The summed E-state index contributed by atoms with van der Waals surface area (Å²) in [4.78, 5) is 11.5. The summed E-state index contributed by atoms with van der Waals surface area (Å²) in [5.41, 5.74) is -2.47. The molecule has 0 aromatic heterocycles. The molecule has 1 aliphatic heterocycles. The molecule has 3 nitrogen and oxygen atoms in total. The van der Waals surface area contributed by atoms with Gasteiger partial charge in [0.15, 0.2) is 0 Å². The fraction of sp³-hybridized carbons (Fsp3) is 0.250. The zero-order valence-electron chi connectivity index (χ0n) is 15.4. The lowest BCUT2D eigenvalue weighted by Gasteiger charge is -2.31. The van der Waals surface area contributed by atoms with E-state index in [-0.39, 0.29) is 26.9 Å². The Kier molecular flexibility index (Phi) is 6.21. The lowest BCUT2D eigenvalue weighted by molar-refractivity contribution is -0.248. The number of rotatable bonds is 4. The molecule has 1 atom stereocenters. The van der Waals surface area contributed by atoms with E-state index in [9.17, 15) is 31.1 Å². The van der Waals surface area contributed by atoms with Crippen LogP contribution >= 0.6 is 23.2 Å². The molecule has 0 aliphatic carbocycles. The van der Waals surface area contributed by atoms with Gasteiger partial charge in [-0.2, -0.15) is 26.3 Å². The van der Waals surface area contributed by atoms with Gasteiger partial charge < -0.3 is 10.1 Å². The molecule has 1 aliphatic rings. The second-order valence-corrected chi connectivity index (χ2v) is 7.67. The van der Waals surface area contributed by atoms with Crippen LogP contribution in [0.4, 0.5) is 26.3 Å². The van der Waals surface area contributed by atoms with E-state index in [1.165, 1.54) is 30.3 Å². The molecule has 3 rings (SSSR count). The largest absolute Gasteiger partial charge is 0.472 e. The molecule has 0 bridgehead atoms. The predicted octanol–water partition coefficient (Wildman–Crippen LogP) is 6.08. The first kappa shape index (κ1) is 23.3. The van der Waals surface area contributed by atoms with Gasteiger partial charge in [0.05, 0.1) is 0 Å². The molecule has 0 saturated carbocycles. The van der Waals surface area contributed by atoms with E-state index in [0.29, 0.717) is 5.56 Å². The van der Waals surface area contributed by atoms with E-state index in [0.717, 1.165) is 18.2 Å². The standard InChI is InChI=1S/C20H13Cl2F6NO2/c21-14-6-13(7-15(22)8-14)18(20(26,27)28)9-12-5-11(1-3-16(12)31-18)2-4-17(30)29-10-19(23,24)25/h1-8H,9-10H2,(H,29,30)/b4-2+. The lowest BCUT2D eigenvalue weighted by atomic mass is 9.88.